The number of anilines is 2. The van der Waals surface area contributed by atoms with Gasteiger partial charge in [-0.1, -0.05) is 7.43 Å². The highest BCUT2D eigenvalue weighted by atomic mass is 19.4. The molecule has 2 aliphatic rings. The highest BCUT2D eigenvalue weighted by Crippen LogP contribution is 2.37. The number of pyridine rings is 1. The van der Waals surface area contributed by atoms with Crippen molar-refractivity contribution >= 4 is 23.0 Å². The molecule has 0 spiro atoms. The molecule has 1 aromatic heterocycles. The van der Waals surface area contributed by atoms with Crippen molar-refractivity contribution in [1.29, 1.82) is 0 Å². The van der Waals surface area contributed by atoms with Gasteiger partial charge in [0.25, 0.3) is 5.69 Å². The predicted octanol–water partition coefficient (Wildman–Crippen LogP) is 4.18. The van der Waals surface area contributed by atoms with Gasteiger partial charge in [0.1, 0.15) is 5.56 Å². The van der Waals surface area contributed by atoms with Gasteiger partial charge in [0.2, 0.25) is 5.91 Å². The first-order valence-corrected chi connectivity index (χ1v) is 11.9. The fourth-order valence-corrected chi connectivity index (χ4v) is 4.64. The minimum absolute atomic E-state index is 0. The van der Waals surface area contributed by atoms with Gasteiger partial charge in [-0.25, -0.2) is 0 Å². The van der Waals surface area contributed by atoms with Crippen molar-refractivity contribution < 1.29 is 22.9 Å². The van der Waals surface area contributed by atoms with Gasteiger partial charge in [0.05, 0.1) is 16.8 Å². The Labute approximate surface area is 214 Å². The average molecular weight is 523 g/mol. The van der Waals surface area contributed by atoms with Crippen molar-refractivity contribution in [3.05, 3.63) is 57.9 Å². The molecule has 0 saturated carbocycles. The van der Waals surface area contributed by atoms with Gasteiger partial charge in [0.15, 0.2) is 0 Å². The predicted molar refractivity (Wildman–Crippen MR) is 136 cm³/mol. The number of alkyl halides is 3. The second-order valence-electron chi connectivity index (χ2n) is 9.19. The van der Waals surface area contributed by atoms with Crippen LogP contribution in [-0.4, -0.2) is 77.5 Å². The first-order chi connectivity index (χ1) is 17.1. The van der Waals surface area contributed by atoms with Crippen LogP contribution in [0.15, 0.2) is 36.5 Å². The summed E-state index contributed by atoms with van der Waals surface area (Å²) in [4.78, 5) is 33.3. The Bertz CT molecular complexity index is 1090. The third-order valence-electron chi connectivity index (χ3n) is 6.69. The number of rotatable bonds is 7. The standard InChI is InChI=1S/C24H29F3N6O3.CH4/c1-17-2-4-20(15-28-17)31-12-10-30(11-13-31)8-7-23(34)32-9-6-19(16-32)29-18-3-5-22(33(35)36)21(14-18)24(25,26)27;/h2-5,14-15,19,29H,6-13,16H2,1H3;1H4/t19-;/m0./s1. The minimum Gasteiger partial charge on any atom is -0.380 e. The number of carbonyl (C=O) groups excluding carboxylic acids is 1. The zero-order valence-corrected chi connectivity index (χ0v) is 20.0. The van der Waals surface area contributed by atoms with Crippen LogP contribution in [0, 0.1) is 17.0 Å². The van der Waals surface area contributed by atoms with E-state index in [-0.39, 0.29) is 25.1 Å². The number of carbonyl (C=O) groups is 1. The lowest BCUT2D eigenvalue weighted by Gasteiger charge is -2.36. The Morgan fingerprint density at radius 2 is 1.89 bits per heavy atom. The first-order valence-electron chi connectivity index (χ1n) is 11.9. The normalized spacial score (nSPS) is 18.4. The van der Waals surface area contributed by atoms with Crippen molar-refractivity contribution in [3.63, 3.8) is 0 Å². The van der Waals surface area contributed by atoms with Gasteiger partial charge in [-0.05, 0) is 37.6 Å². The van der Waals surface area contributed by atoms with E-state index in [9.17, 15) is 28.1 Å². The number of piperazine rings is 1. The molecule has 9 nitrogen and oxygen atoms in total. The zero-order valence-electron chi connectivity index (χ0n) is 20.0. The molecular formula is C25H33F3N6O3. The molecular weight excluding hydrogens is 489 g/mol. The average Bonchev–Trinajstić information content (AvgIpc) is 3.31. The lowest BCUT2D eigenvalue weighted by molar-refractivity contribution is -0.388. The summed E-state index contributed by atoms with van der Waals surface area (Å²) in [6.07, 6.45) is -1.98. The molecule has 3 heterocycles. The van der Waals surface area contributed by atoms with E-state index in [0.29, 0.717) is 32.5 Å². The number of hydrogen-bond donors (Lipinski definition) is 1. The molecule has 2 aromatic rings. The Hall–Kier alpha value is -3.41. The molecule has 0 unspecified atom stereocenters. The van der Waals surface area contributed by atoms with Gasteiger partial charge in [-0.15, -0.1) is 0 Å². The fraction of sp³-hybridized carbons (Fsp3) is 0.520. The Kier molecular flexibility index (Phi) is 8.95. The highest BCUT2D eigenvalue weighted by molar-refractivity contribution is 5.77. The maximum atomic E-state index is 13.2. The molecule has 1 atom stereocenters. The summed E-state index contributed by atoms with van der Waals surface area (Å²) in [5, 5.41) is 13.9. The second kappa shape index (κ2) is 11.8. The van der Waals surface area contributed by atoms with Crippen molar-refractivity contribution in [2.45, 2.75) is 39.4 Å². The summed E-state index contributed by atoms with van der Waals surface area (Å²) >= 11 is 0. The summed E-state index contributed by atoms with van der Waals surface area (Å²) in [5.41, 5.74) is -0.0416. The molecule has 2 saturated heterocycles. The van der Waals surface area contributed by atoms with Crippen LogP contribution in [0.25, 0.3) is 0 Å². The Morgan fingerprint density at radius 1 is 1.16 bits per heavy atom. The largest absolute Gasteiger partial charge is 0.423 e. The molecule has 2 aliphatic heterocycles. The maximum Gasteiger partial charge on any atom is 0.423 e. The van der Waals surface area contributed by atoms with Gasteiger partial charge in [0, 0.05) is 75.7 Å². The topological polar surface area (TPSA) is 94.8 Å². The van der Waals surface area contributed by atoms with Gasteiger partial charge >= 0.3 is 6.18 Å². The number of aryl methyl sites for hydroxylation is 1. The molecule has 1 N–H and O–H groups in total. The van der Waals surface area contributed by atoms with Crippen LogP contribution in [0.1, 0.15) is 31.5 Å². The first kappa shape index (κ1) is 28.2. The molecule has 1 amide bonds. The van der Waals surface area contributed by atoms with Gasteiger partial charge in [-0.2, -0.15) is 13.2 Å². The van der Waals surface area contributed by atoms with E-state index in [1.165, 1.54) is 6.07 Å². The summed E-state index contributed by atoms with van der Waals surface area (Å²) in [6, 6.07) is 6.73. The molecule has 0 bridgehead atoms. The molecule has 202 valence electrons. The van der Waals surface area contributed by atoms with Crippen LogP contribution in [0.3, 0.4) is 0 Å². The highest BCUT2D eigenvalue weighted by Gasteiger charge is 2.38. The second-order valence-corrected chi connectivity index (χ2v) is 9.19. The number of nitro benzene ring substituents is 1. The van der Waals surface area contributed by atoms with Crippen LogP contribution in [-0.2, 0) is 11.0 Å². The third kappa shape index (κ3) is 7.09. The summed E-state index contributed by atoms with van der Waals surface area (Å²) in [7, 11) is 0. The van der Waals surface area contributed by atoms with Crippen LogP contribution < -0.4 is 10.2 Å². The molecule has 12 heteroatoms. The van der Waals surface area contributed by atoms with E-state index in [4.69, 9.17) is 0 Å². The van der Waals surface area contributed by atoms with Crippen LogP contribution in [0.4, 0.5) is 30.2 Å². The number of aromatic nitrogens is 1. The number of amides is 1. The number of hydrogen-bond acceptors (Lipinski definition) is 7. The monoisotopic (exact) mass is 522 g/mol. The molecule has 0 radical (unpaired) electrons. The molecule has 1 aromatic carbocycles. The smallest absolute Gasteiger partial charge is 0.380 e. The number of benzene rings is 1. The van der Waals surface area contributed by atoms with E-state index in [1.807, 2.05) is 19.2 Å². The number of halogens is 3. The summed E-state index contributed by atoms with van der Waals surface area (Å²) in [6.45, 7) is 6.95. The summed E-state index contributed by atoms with van der Waals surface area (Å²) < 4.78 is 39.7. The van der Waals surface area contributed by atoms with Crippen molar-refractivity contribution in [3.8, 4) is 0 Å². The van der Waals surface area contributed by atoms with E-state index < -0.39 is 22.4 Å². The maximum absolute atomic E-state index is 13.2. The van der Waals surface area contributed by atoms with Crippen LogP contribution in [0.5, 0.6) is 0 Å². The SMILES string of the molecule is C.Cc1ccc(N2CCN(CCC(=O)N3CC[C@H](Nc4ccc([N+](=O)[O-])c(C(F)(F)F)c4)C3)CC2)cn1. The van der Waals surface area contributed by atoms with Crippen molar-refractivity contribution in [2.75, 3.05) is 56.0 Å². The molecule has 0 aliphatic carbocycles. The van der Waals surface area contributed by atoms with E-state index in [2.05, 4.69) is 26.2 Å². The fourth-order valence-electron chi connectivity index (χ4n) is 4.64. The Balaban J connectivity index is 0.00000380. The molecule has 4 rings (SSSR count). The lowest BCUT2D eigenvalue weighted by Crippen LogP contribution is -2.47. The van der Waals surface area contributed by atoms with Crippen molar-refractivity contribution in [2.24, 2.45) is 0 Å². The van der Waals surface area contributed by atoms with Crippen LogP contribution in [0.2, 0.25) is 0 Å². The number of nitro groups is 1. The number of nitrogens with one attached hydrogen (secondary N) is 1. The van der Waals surface area contributed by atoms with Crippen LogP contribution >= 0.6 is 0 Å². The van der Waals surface area contributed by atoms with E-state index in [0.717, 1.165) is 49.7 Å². The third-order valence-corrected chi connectivity index (χ3v) is 6.69. The number of likely N-dealkylation sites (tertiary alicyclic amines) is 1. The minimum atomic E-state index is -4.83. The van der Waals surface area contributed by atoms with Gasteiger partial charge in [-0.3, -0.25) is 24.8 Å². The van der Waals surface area contributed by atoms with E-state index in [1.54, 1.807) is 4.90 Å². The zero-order chi connectivity index (χ0) is 25.9. The lowest BCUT2D eigenvalue weighted by atomic mass is 10.1. The molecule has 2 fully saturated rings. The molecule has 37 heavy (non-hydrogen) atoms. The quantitative estimate of drug-likeness (QED) is 0.431. The van der Waals surface area contributed by atoms with Gasteiger partial charge < -0.3 is 15.1 Å². The number of nitrogens with zero attached hydrogens (tertiary/aromatic N) is 5. The summed E-state index contributed by atoms with van der Waals surface area (Å²) in [5.74, 6) is 0.0177. The van der Waals surface area contributed by atoms with E-state index >= 15 is 0 Å². The van der Waals surface area contributed by atoms with Crippen molar-refractivity contribution in [1.82, 2.24) is 14.8 Å². The Morgan fingerprint density at radius 3 is 2.51 bits per heavy atom.